The normalized spacial score (nSPS) is 22.8. The van der Waals surface area contributed by atoms with Crippen LogP contribution in [-0.4, -0.2) is 31.5 Å². The molecule has 0 saturated carbocycles. The Labute approximate surface area is 195 Å². The van der Waals surface area contributed by atoms with E-state index in [0.29, 0.717) is 32.7 Å². The van der Waals surface area contributed by atoms with E-state index in [4.69, 9.17) is 22.1 Å². The number of aliphatic imine (C=N–C) groups is 1. The van der Waals surface area contributed by atoms with Crippen LogP contribution < -0.4 is 5.73 Å². The molecule has 0 fully saturated rings. The zero-order valence-corrected chi connectivity index (χ0v) is 20.0. The molecular weight excluding hydrogens is 473 g/mol. The number of halogens is 2. The molecule has 0 aliphatic carbocycles. The Balaban J connectivity index is 1.73. The number of nitrogens with zero attached hydrogens (tertiary/aromatic N) is 2. The first-order valence-corrected chi connectivity index (χ1v) is 12.5. The number of hydrogen-bond donors (Lipinski definition) is 1. The third-order valence-electron chi connectivity index (χ3n) is 5.30. The van der Waals surface area contributed by atoms with Crippen LogP contribution in [0.5, 0.6) is 0 Å². The molecule has 2 aliphatic rings. The zero-order valence-electron chi connectivity index (χ0n) is 17.6. The fourth-order valence-electron chi connectivity index (χ4n) is 3.55. The van der Waals surface area contributed by atoms with Gasteiger partial charge < -0.3 is 10.5 Å². The smallest absolute Gasteiger partial charge is 0.239 e. The summed E-state index contributed by atoms with van der Waals surface area (Å²) in [4.78, 5) is 5.66. The number of benzene rings is 1. The largest absolute Gasteiger partial charge is 0.447 e. The van der Waals surface area contributed by atoms with Crippen LogP contribution in [0, 0.1) is 5.82 Å². The fraction of sp³-hybridized carbons (Fsp3) is 0.273. The van der Waals surface area contributed by atoms with E-state index in [1.54, 1.807) is 25.1 Å². The molecule has 10 heteroatoms. The van der Waals surface area contributed by atoms with E-state index < -0.39 is 15.6 Å². The number of sulfonamides is 1. The standard InChI is InChI=1S/C22H21ClFN3O3S2/c1-13-5-4-6-17(30-19(13)14-7-9-15(24)10-8-14)18-11-16(23)20(31-18)22(2)12-32(28,29)27(3)21(25)26-22/h4,7-11H,5,12H2,1-3H3,(H2,25,26). The Morgan fingerprint density at radius 2 is 2.03 bits per heavy atom. The molecule has 1 aromatic heterocycles. The lowest BCUT2D eigenvalue weighted by molar-refractivity contribution is 0.469. The molecule has 0 radical (unpaired) electrons. The molecule has 0 amide bonds. The third kappa shape index (κ3) is 4.09. The summed E-state index contributed by atoms with van der Waals surface area (Å²) in [5, 5.41) is 0.370. The predicted octanol–water partition coefficient (Wildman–Crippen LogP) is 4.69. The van der Waals surface area contributed by atoms with Gasteiger partial charge in [-0.05, 0) is 62.2 Å². The Morgan fingerprint density at radius 1 is 1.34 bits per heavy atom. The molecule has 2 aliphatic heterocycles. The lowest BCUT2D eigenvalue weighted by Crippen LogP contribution is -2.50. The Morgan fingerprint density at radius 3 is 2.69 bits per heavy atom. The van der Waals surface area contributed by atoms with Crippen LogP contribution in [0.3, 0.4) is 0 Å². The second-order valence-electron chi connectivity index (χ2n) is 7.86. The van der Waals surface area contributed by atoms with Gasteiger partial charge in [-0.3, -0.25) is 0 Å². The van der Waals surface area contributed by atoms with Crippen molar-refractivity contribution in [3.05, 3.63) is 73.9 Å². The van der Waals surface area contributed by atoms with Gasteiger partial charge in [-0.15, -0.1) is 11.3 Å². The van der Waals surface area contributed by atoms with E-state index in [9.17, 15) is 12.8 Å². The second-order valence-corrected chi connectivity index (χ2v) is 11.3. The second kappa shape index (κ2) is 8.08. The lowest BCUT2D eigenvalue weighted by atomic mass is 10.0. The SMILES string of the molecule is CC1=C(c2ccc(F)cc2)OC(c2cc(Cl)c(C3(C)CS(=O)(=O)N(C)C(N)=N3)s2)=C=CC1. The summed E-state index contributed by atoms with van der Waals surface area (Å²) in [6, 6.07) is 7.79. The third-order valence-corrected chi connectivity index (χ3v) is 9.05. The number of guanidine groups is 1. The van der Waals surface area contributed by atoms with E-state index in [2.05, 4.69) is 10.7 Å². The summed E-state index contributed by atoms with van der Waals surface area (Å²) in [5.74, 6) is 0.377. The predicted molar refractivity (Wildman–Crippen MR) is 126 cm³/mol. The molecule has 2 aromatic rings. The summed E-state index contributed by atoms with van der Waals surface area (Å²) in [6.45, 7) is 3.63. The molecule has 0 spiro atoms. The van der Waals surface area contributed by atoms with E-state index in [0.717, 1.165) is 15.4 Å². The minimum absolute atomic E-state index is 0.0910. The van der Waals surface area contributed by atoms with Gasteiger partial charge in [0.1, 0.15) is 17.1 Å². The first-order valence-electron chi connectivity index (χ1n) is 9.71. The maximum Gasteiger partial charge on any atom is 0.239 e. The number of thiophene rings is 1. The maximum absolute atomic E-state index is 13.4. The quantitative estimate of drug-likeness (QED) is 0.628. The van der Waals surface area contributed by atoms with Gasteiger partial charge >= 0.3 is 0 Å². The van der Waals surface area contributed by atoms with Crippen LogP contribution >= 0.6 is 22.9 Å². The molecule has 4 rings (SSSR count). The highest BCUT2D eigenvalue weighted by atomic mass is 35.5. The molecule has 168 valence electrons. The van der Waals surface area contributed by atoms with Crippen molar-refractivity contribution >= 4 is 50.4 Å². The van der Waals surface area contributed by atoms with Crippen molar-refractivity contribution in [2.75, 3.05) is 12.8 Å². The van der Waals surface area contributed by atoms with Crippen LogP contribution in [0.25, 0.3) is 11.5 Å². The summed E-state index contributed by atoms with van der Waals surface area (Å²) >= 11 is 7.82. The maximum atomic E-state index is 13.4. The van der Waals surface area contributed by atoms with Crippen molar-refractivity contribution in [3.63, 3.8) is 0 Å². The van der Waals surface area contributed by atoms with Crippen molar-refractivity contribution in [2.45, 2.75) is 25.8 Å². The van der Waals surface area contributed by atoms with Gasteiger partial charge in [-0.25, -0.2) is 22.1 Å². The Hall–Kier alpha value is -2.58. The highest BCUT2D eigenvalue weighted by Gasteiger charge is 2.42. The molecular formula is C22H21ClFN3O3S2. The molecule has 0 bridgehead atoms. The van der Waals surface area contributed by atoms with E-state index in [-0.39, 0.29) is 17.5 Å². The van der Waals surface area contributed by atoms with E-state index >= 15 is 0 Å². The molecule has 1 unspecified atom stereocenters. The highest BCUT2D eigenvalue weighted by molar-refractivity contribution is 7.89. The van der Waals surface area contributed by atoms with Gasteiger partial charge in [-0.2, -0.15) is 0 Å². The van der Waals surface area contributed by atoms with Crippen LogP contribution in [0.1, 0.15) is 35.6 Å². The fourth-order valence-corrected chi connectivity index (χ4v) is 6.66. The summed E-state index contributed by atoms with van der Waals surface area (Å²) in [6.07, 6.45) is 2.47. The van der Waals surface area contributed by atoms with Gasteiger partial charge in [0.15, 0.2) is 5.76 Å². The zero-order chi connectivity index (χ0) is 23.3. The molecule has 3 heterocycles. The van der Waals surface area contributed by atoms with Gasteiger partial charge in [0.2, 0.25) is 16.0 Å². The minimum Gasteiger partial charge on any atom is -0.447 e. The van der Waals surface area contributed by atoms with Gasteiger partial charge in [0, 0.05) is 12.6 Å². The minimum atomic E-state index is -3.63. The topological polar surface area (TPSA) is 85.0 Å². The monoisotopic (exact) mass is 493 g/mol. The number of nitrogens with two attached hydrogens (primary N) is 1. The number of allylic oxidation sites excluding steroid dienone is 2. The molecule has 1 atom stereocenters. The summed E-state index contributed by atoms with van der Waals surface area (Å²) < 4.78 is 45.7. The van der Waals surface area contributed by atoms with Crippen molar-refractivity contribution < 1.29 is 17.5 Å². The molecule has 2 N–H and O–H groups in total. The van der Waals surface area contributed by atoms with E-state index in [1.807, 2.05) is 13.0 Å². The average molecular weight is 494 g/mol. The molecule has 32 heavy (non-hydrogen) atoms. The Kier molecular flexibility index (Phi) is 5.71. The molecule has 0 saturated heterocycles. The van der Waals surface area contributed by atoms with E-state index in [1.165, 1.54) is 30.5 Å². The van der Waals surface area contributed by atoms with Crippen molar-refractivity contribution in [1.29, 1.82) is 0 Å². The molecule has 6 nitrogen and oxygen atoms in total. The first-order chi connectivity index (χ1) is 15.0. The van der Waals surface area contributed by atoms with Crippen LogP contribution in [-0.2, 0) is 20.3 Å². The van der Waals surface area contributed by atoms with Gasteiger partial charge in [0.25, 0.3) is 0 Å². The number of hydrogen-bond acceptors (Lipinski definition) is 6. The number of rotatable bonds is 3. The van der Waals surface area contributed by atoms with Crippen LogP contribution in [0.15, 0.2) is 52.7 Å². The van der Waals surface area contributed by atoms with Crippen molar-refractivity contribution in [2.24, 2.45) is 10.7 Å². The molecule has 1 aromatic carbocycles. The lowest BCUT2D eigenvalue weighted by Gasteiger charge is -2.33. The van der Waals surface area contributed by atoms with Crippen LogP contribution in [0.4, 0.5) is 4.39 Å². The summed E-state index contributed by atoms with van der Waals surface area (Å²) in [5.41, 5.74) is 9.60. The van der Waals surface area contributed by atoms with Gasteiger partial charge in [0.05, 0.1) is 20.5 Å². The highest BCUT2D eigenvalue weighted by Crippen LogP contribution is 2.44. The first kappa shape index (κ1) is 22.6. The van der Waals surface area contributed by atoms with Gasteiger partial charge in [-0.1, -0.05) is 17.3 Å². The van der Waals surface area contributed by atoms with Crippen molar-refractivity contribution in [1.82, 2.24) is 4.31 Å². The van der Waals surface area contributed by atoms with Crippen LogP contribution in [0.2, 0.25) is 5.02 Å². The average Bonchev–Trinajstić information content (AvgIpc) is 3.01. The Bertz CT molecular complexity index is 1320. The van der Waals surface area contributed by atoms with Crippen molar-refractivity contribution in [3.8, 4) is 0 Å². The summed E-state index contributed by atoms with van der Waals surface area (Å²) in [7, 11) is -2.26. The number of ether oxygens (including phenoxy) is 1.